The number of rotatable bonds is 7. The molecule has 0 atom stereocenters. The van der Waals surface area contributed by atoms with Crippen molar-refractivity contribution >= 4 is 11.7 Å². The van der Waals surface area contributed by atoms with E-state index in [0.29, 0.717) is 23.8 Å². The fourth-order valence-electron chi connectivity index (χ4n) is 1.58. The Kier molecular flexibility index (Phi) is 5.99. The smallest absolute Gasteiger partial charge is 0.255 e. The monoisotopic (exact) mass is 277 g/mol. The van der Waals surface area contributed by atoms with Gasteiger partial charge in [0.2, 0.25) is 0 Å². The van der Waals surface area contributed by atoms with Crippen molar-refractivity contribution in [3.63, 3.8) is 0 Å². The van der Waals surface area contributed by atoms with Crippen LogP contribution in [0.15, 0.2) is 18.3 Å². The number of anilines is 1. The van der Waals surface area contributed by atoms with Crippen LogP contribution in [0.5, 0.6) is 0 Å². The minimum atomic E-state index is -0.0644. The molecular weight excluding hydrogens is 250 g/mol. The van der Waals surface area contributed by atoms with Crippen molar-refractivity contribution in [3.05, 3.63) is 23.9 Å². The van der Waals surface area contributed by atoms with Gasteiger partial charge in [0.1, 0.15) is 5.82 Å². The third-order valence-electron chi connectivity index (χ3n) is 3.86. The molecule has 1 aromatic heterocycles. The Morgan fingerprint density at radius 1 is 1.40 bits per heavy atom. The number of pyridine rings is 1. The van der Waals surface area contributed by atoms with Crippen LogP contribution in [0.2, 0.25) is 0 Å². The summed E-state index contributed by atoms with van der Waals surface area (Å²) in [4.78, 5) is 16.6. The number of aromatic nitrogens is 1. The van der Waals surface area contributed by atoms with Crippen molar-refractivity contribution in [2.45, 2.75) is 41.0 Å². The zero-order valence-corrected chi connectivity index (χ0v) is 13.3. The maximum Gasteiger partial charge on any atom is 0.255 e. The second-order valence-electron chi connectivity index (χ2n) is 6.15. The van der Waals surface area contributed by atoms with Crippen LogP contribution in [0.4, 0.5) is 5.82 Å². The summed E-state index contributed by atoms with van der Waals surface area (Å²) in [6.07, 6.45) is 2.70. The van der Waals surface area contributed by atoms with Gasteiger partial charge < -0.3 is 10.6 Å². The molecule has 1 amide bonds. The minimum absolute atomic E-state index is 0.0644. The molecule has 0 aliphatic carbocycles. The molecule has 0 bridgehead atoms. The molecule has 1 rings (SSSR count). The van der Waals surface area contributed by atoms with Crippen LogP contribution in [0.25, 0.3) is 0 Å². The fourth-order valence-corrected chi connectivity index (χ4v) is 1.58. The highest BCUT2D eigenvalue weighted by Crippen LogP contribution is 2.25. The standard InChI is InChI=1S/C16H27N3O/c1-6-9-17-14-13(8-7-10-18-14)15(20)19-11-16(4,5)12(2)3/h7-8,10,12H,6,9,11H2,1-5H3,(H,17,18)(H,19,20). The van der Waals surface area contributed by atoms with E-state index in [1.165, 1.54) is 0 Å². The van der Waals surface area contributed by atoms with Crippen molar-refractivity contribution < 1.29 is 4.79 Å². The van der Waals surface area contributed by atoms with E-state index in [1.807, 2.05) is 6.07 Å². The van der Waals surface area contributed by atoms with E-state index < -0.39 is 0 Å². The molecule has 0 fully saturated rings. The van der Waals surface area contributed by atoms with Gasteiger partial charge in [-0.2, -0.15) is 0 Å². The molecule has 20 heavy (non-hydrogen) atoms. The van der Waals surface area contributed by atoms with Gasteiger partial charge in [-0.25, -0.2) is 4.98 Å². The van der Waals surface area contributed by atoms with Crippen molar-refractivity contribution in [1.29, 1.82) is 0 Å². The summed E-state index contributed by atoms with van der Waals surface area (Å²) in [6.45, 7) is 12.2. The topological polar surface area (TPSA) is 54.0 Å². The van der Waals surface area contributed by atoms with Gasteiger partial charge in [-0.05, 0) is 29.9 Å². The number of hydrogen-bond acceptors (Lipinski definition) is 3. The van der Waals surface area contributed by atoms with E-state index in [2.05, 4.69) is 50.2 Å². The second-order valence-corrected chi connectivity index (χ2v) is 6.15. The molecule has 0 aliphatic rings. The SMILES string of the molecule is CCCNc1ncccc1C(=O)NCC(C)(C)C(C)C. The van der Waals surface area contributed by atoms with Crippen molar-refractivity contribution in [1.82, 2.24) is 10.3 Å². The summed E-state index contributed by atoms with van der Waals surface area (Å²) in [5, 5.41) is 6.21. The predicted octanol–water partition coefficient (Wildman–Crippen LogP) is 3.32. The number of carbonyl (C=O) groups is 1. The number of amides is 1. The summed E-state index contributed by atoms with van der Waals surface area (Å²) in [6, 6.07) is 3.60. The first-order valence-electron chi connectivity index (χ1n) is 7.35. The first kappa shape index (κ1) is 16.5. The molecule has 0 radical (unpaired) electrons. The lowest BCUT2D eigenvalue weighted by Gasteiger charge is -2.29. The lowest BCUT2D eigenvalue weighted by molar-refractivity contribution is 0.0925. The molecule has 1 aromatic rings. The van der Waals surface area contributed by atoms with Gasteiger partial charge in [0.25, 0.3) is 5.91 Å². The van der Waals surface area contributed by atoms with Crippen molar-refractivity contribution in [3.8, 4) is 0 Å². The Bertz CT molecular complexity index is 441. The second kappa shape index (κ2) is 7.27. The molecule has 112 valence electrons. The number of nitrogens with zero attached hydrogens (tertiary/aromatic N) is 1. The molecule has 0 unspecified atom stereocenters. The first-order valence-corrected chi connectivity index (χ1v) is 7.35. The van der Waals surface area contributed by atoms with E-state index in [-0.39, 0.29) is 11.3 Å². The summed E-state index contributed by atoms with van der Waals surface area (Å²) < 4.78 is 0. The summed E-state index contributed by atoms with van der Waals surface area (Å²) in [5.41, 5.74) is 0.690. The van der Waals surface area contributed by atoms with Crippen LogP contribution in [-0.2, 0) is 0 Å². The highest BCUT2D eigenvalue weighted by atomic mass is 16.1. The van der Waals surface area contributed by atoms with E-state index in [1.54, 1.807) is 12.3 Å². The first-order chi connectivity index (χ1) is 9.38. The minimum Gasteiger partial charge on any atom is -0.369 e. The molecule has 0 aliphatic heterocycles. The average Bonchev–Trinajstić information content (AvgIpc) is 2.42. The van der Waals surface area contributed by atoms with Gasteiger partial charge in [0.05, 0.1) is 5.56 Å². The lowest BCUT2D eigenvalue weighted by Crippen LogP contribution is -2.37. The number of carbonyl (C=O) groups excluding carboxylic acids is 1. The van der Waals surface area contributed by atoms with Crippen LogP contribution in [0.1, 0.15) is 51.4 Å². The van der Waals surface area contributed by atoms with Crippen LogP contribution in [0.3, 0.4) is 0 Å². The fraction of sp³-hybridized carbons (Fsp3) is 0.625. The molecular formula is C16H27N3O. The Labute approximate surface area is 122 Å². The molecule has 4 heteroatoms. The highest BCUT2D eigenvalue weighted by Gasteiger charge is 2.23. The Hall–Kier alpha value is -1.58. The zero-order chi connectivity index (χ0) is 15.2. The van der Waals surface area contributed by atoms with Gasteiger partial charge in [0, 0.05) is 19.3 Å². The van der Waals surface area contributed by atoms with Gasteiger partial charge in [-0.15, -0.1) is 0 Å². The maximum atomic E-state index is 12.3. The highest BCUT2D eigenvalue weighted by molar-refractivity contribution is 5.98. The third-order valence-corrected chi connectivity index (χ3v) is 3.86. The van der Waals surface area contributed by atoms with Gasteiger partial charge in [-0.3, -0.25) is 4.79 Å². The van der Waals surface area contributed by atoms with Crippen LogP contribution >= 0.6 is 0 Å². The quantitative estimate of drug-likeness (QED) is 0.804. The normalized spacial score (nSPS) is 11.5. The van der Waals surface area contributed by atoms with E-state index in [0.717, 1.165) is 13.0 Å². The predicted molar refractivity (Wildman–Crippen MR) is 84.0 cm³/mol. The Balaban J connectivity index is 2.72. The Morgan fingerprint density at radius 3 is 2.70 bits per heavy atom. The summed E-state index contributed by atoms with van der Waals surface area (Å²) in [5.74, 6) is 1.11. The van der Waals surface area contributed by atoms with E-state index >= 15 is 0 Å². The van der Waals surface area contributed by atoms with Crippen LogP contribution in [-0.4, -0.2) is 24.0 Å². The largest absolute Gasteiger partial charge is 0.369 e. The number of hydrogen-bond donors (Lipinski definition) is 2. The van der Waals surface area contributed by atoms with Gasteiger partial charge in [0.15, 0.2) is 0 Å². The van der Waals surface area contributed by atoms with Gasteiger partial charge in [-0.1, -0.05) is 34.6 Å². The molecule has 4 nitrogen and oxygen atoms in total. The molecule has 0 spiro atoms. The summed E-state index contributed by atoms with van der Waals surface area (Å²) >= 11 is 0. The van der Waals surface area contributed by atoms with Gasteiger partial charge >= 0.3 is 0 Å². The molecule has 1 heterocycles. The third kappa shape index (κ3) is 4.51. The zero-order valence-electron chi connectivity index (χ0n) is 13.3. The van der Waals surface area contributed by atoms with E-state index in [9.17, 15) is 4.79 Å². The number of nitrogens with one attached hydrogen (secondary N) is 2. The van der Waals surface area contributed by atoms with Crippen molar-refractivity contribution in [2.24, 2.45) is 11.3 Å². The van der Waals surface area contributed by atoms with E-state index in [4.69, 9.17) is 0 Å². The van der Waals surface area contributed by atoms with Crippen LogP contribution in [0, 0.1) is 11.3 Å². The Morgan fingerprint density at radius 2 is 2.10 bits per heavy atom. The molecule has 0 saturated carbocycles. The summed E-state index contributed by atoms with van der Waals surface area (Å²) in [7, 11) is 0. The molecule has 2 N–H and O–H groups in total. The average molecular weight is 277 g/mol. The molecule has 0 saturated heterocycles. The van der Waals surface area contributed by atoms with Crippen LogP contribution < -0.4 is 10.6 Å². The molecule has 0 aromatic carbocycles. The lowest BCUT2D eigenvalue weighted by atomic mass is 9.81. The maximum absolute atomic E-state index is 12.3. The van der Waals surface area contributed by atoms with Crippen molar-refractivity contribution in [2.75, 3.05) is 18.4 Å².